The number of hydrogen-bond acceptors (Lipinski definition) is 3. The smallest absolute Gasteiger partial charge is 0.253 e. The van der Waals surface area contributed by atoms with E-state index in [1.54, 1.807) is 12.0 Å². The van der Waals surface area contributed by atoms with E-state index >= 15 is 0 Å². The van der Waals surface area contributed by atoms with E-state index in [2.05, 4.69) is 0 Å². The van der Waals surface area contributed by atoms with Crippen molar-refractivity contribution in [3.63, 3.8) is 0 Å². The molecule has 0 aliphatic rings. The minimum Gasteiger partial charge on any atom is -0.385 e. The van der Waals surface area contributed by atoms with Gasteiger partial charge in [-0.1, -0.05) is 19.1 Å². The summed E-state index contributed by atoms with van der Waals surface area (Å²) in [5.74, 6) is 0.0326. The Bertz CT molecular complexity index is 322. The fraction of sp³-hybridized carbons (Fsp3) is 0.688. The molecule has 0 saturated carbocycles. The van der Waals surface area contributed by atoms with Crippen molar-refractivity contribution in [2.24, 2.45) is 0 Å². The second kappa shape index (κ2) is 11.7. The van der Waals surface area contributed by atoms with Crippen LogP contribution in [0.5, 0.6) is 0 Å². The number of nitrogens with zero attached hydrogens (tertiary/aromatic N) is 1. The Balaban J connectivity index is 4.47. The van der Waals surface area contributed by atoms with Gasteiger partial charge in [0, 0.05) is 39.0 Å². The zero-order valence-corrected chi connectivity index (χ0v) is 13.5. The molecule has 0 aromatic rings. The van der Waals surface area contributed by atoms with Gasteiger partial charge in [0.1, 0.15) is 0 Å². The molecule has 1 amide bonds. The molecule has 0 aromatic heterocycles. The third kappa shape index (κ3) is 8.12. The van der Waals surface area contributed by atoms with E-state index in [0.29, 0.717) is 25.4 Å². The van der Waals surface area contributed by atoms with Crippen LogP contribution in [0.1, 0.15) is 33.6 Å². The molecule has 0 aliphatic carbocycles. The van der Waals surface area contributed by atoms with Crippen molar-refractivity contribution in [1.29, 1.82) is 0 Å². The summed E-state index contributed by atoms with van der Waals surface area (Å²) in [5.41, 5.74) is 0.690. The summed E-state index contributed by atoms with van der Waals surface area (Å²) in [6.45, 7) is 7.84. The summed E-state index contributed by atoms with van der Waals surface area (Å²) in [7, 11) is 3.49. The first kappa shape index (κ1) is 18.9. The molecule has 0 atom stereocenters. The predicted molar refractivity (Wildman–Crippen MR) is 82.7 cm³/mol. The molecule has 0 aromatic carbocycles. The van der Waals surface area contributed by atoms with Gasteiger partial charge in [-0.3, -0.25) is 4.79 Å². The highest BCUT2D eigenvalue weighted by Gasteiger charge is 2.14. The molecular weight excluding hydrogens is 254 g/mol. The Morgan fingerprint density at radius 2 is 2.00 bits per heavy atom. The number of rotatable bonds is 10. The van der Waals surface area contributed by atoms with Crippen molar-refractivity contribution in [2.75, 3.05) is 34.0 Å². The number of likely N-dealkylation sites (N-methyl/N-ethyl adjacent to an activating group) is 1. The minimum atomic E-state index is 0.0326. The second-order valence-corrected chi connectivity index (χ2v) is 4.90. The van der Waals surface area contributed by atoms with Crippen LogP contribution in [0.25, 0.3) is 0 Å². The lowest BCUT2D eigenvalue weighted by molar-refractivity contribution is -0.127. The van der Waals surface area contributed by atoms with Crippen LogP contribution >= 0.6 is 0 Å². The minimum absolute atomic E-state index is 0.0326. The van der Waals surface area contributed by atoms with Gasteiger partial charge in [0.15, 0.2) is 0 Å². The van der Waals surface area contributed by atoms with Gasteiger partial charge >= 0.3 is 0 Å². The van der Waals surface area contributed by atoms with Crippen molar-refractivity contribution in [3.8, 4) is 0 Å². The third-order valence-electron chi connectivity index (χ3n) is 2.93. The van der Waals surface area contributed by atoms with Crippen LogP contribution in [0.2, 0.25) is 0 Å². The van der Waals surface area contributed by atoms with Crippen molar-refractivity contribution < 1.29 is 14.3 Å². The molecule has 0 unspecified atom stereocenters. The summed E-state index contributed by atoms with van der Waals surface area (Å²) in [6, 6.07) is 0.184. The second-order valence-electron chi connectivity index (χ2n) is 4.90. The molecule has 0 N–H and O–H groups in total. The lowest BCUT2D eigenvalue weighted by Crippen LogP contribution is -2.33. The molecule has 20 heavy (non-hydrogen) atoms. The molecule has 0 radical (unpaired) electrons. The Morgan fingerprint density at radius 1 is 1.30 bits per heavy atom. The number of ether oxygens (including phenoxy) is 2. The lowest BCUT2D eigenvalue weighted by atomic mass is 10.1. The van der Waals surface area contributed by atoms with E-state index in [1.165, 1.54) is 0 Å². The van der Waals surface area contributed by atoms with Gasteiger partial charge in [-0.2, -0.15) is 0 Å². The number of amides is 1. The molecular formula is C16H29NO3. The third-order valence-corrected chi connectivity index (χ3v) is 2.93. The summed E-state index contributed by atoms with van der Waals surface area (Å²) in [4.78, 5) is 14.0. The highest BCUT2D eigenvalue weighted by molar-refractivity contribution is 5.96. The maximum Gasteiger partial charge on any atom is 0.253 e. The average Bonchev–Trinajstić information content (AvgIpc) is 2.44. The first-order chi connectivity index (χ1) is 9.54. The van der Waals surface area contributed by atoms with Crippen LogP contribution < -0.4 is 0 Å². The zero-order chi connectivity index (χ0) is 15.4. The highest BCUT2D eigenvalue weighted by atomic mass is 16.5. The maximum atomic E-state index is 12.3. The van der Waals surface area contributed by atoms with E-state index < -0.39 is 0 Å². The van der Waals surface area contributed by atoms with E-state index in [4.69, 9.17) is 9.47 Å². The molecule has 0 aliphatic heterocycles. The van der Waals surface area contributed by atoms with Gasteiger partial charge in [-0.15, -0.1) is 0 Å². The average molecular weight is 283 g/mol. The lowest BCUT2D eigenvalue weighted by Gasteiger charge is -2.22. The predicted octanol–water partition coefficient (Wildman–Crippen LogP) is 2.80. The first-order valence-electron chi connectivity index (χ1n) is 7.25. The Hall–Kier alpha value is -1.13. The Labute approximate surface area is 123 Å². The number of hydrogen-bond donors (Lipinski definition) is 0. The summed E-state index contributed by atoms with van der Waals surface area (Å²) >= 11 is 0. The molecule has 0 fully saturated rings. The summed E-state index contributed by atoms with van der Waals surface area (Å²) in [5, 5.41) is 0. The van der Waals surface area contributed by atoms with Crippen LogP contribution in [0.4, 0.5) is 0 Å². The molecule has 0 spiro atoms. The summed E-state index contributed by atoms with van der Waals surface area (Å²) in [6.07, 6.45) is 7.48. The van der Waals surface area contributed by atoms with Crippen molar-refractivity contribution in [1.82, 2.24) is 4.90 Å². The maximum absolute atomic E-state index is 12.3. The highest BCUT2D eigenvalue weighted by Crippen LogP contribution is 2.07. The molecule has 4 nitrogen and oxygen atoms in total. The normalized spacial score (nSPS) is 12.4. The monoisotopic (exact) mass is 283 g/mol. The molecule has 4 heteroatoms. The van der Waals surface area contributed by atoms with Crippen LogP contribution in [0.3, 0.4) is 0 Å². The van der Waals surface area contributed by atoms with Gasteiger partial charge in [-0.05, 0) is 32.8 Å². The largest absolute Gasteiger partial charge is 0.385 e. The van der Waals surface area contributed by atoms with Crippen LogP contribution in [0, 0.1) is 0 Å². The quantitative estimate of drug-likeness (QED) is 0.351. The Kier molecular flexibility index (Phi) is 11.0. The van der Waals surface area contributed by atoms with Crippen LogP contribution in [0.15, 0.2) is 23.8 Å². The fourth-order valence-corrected chi connectivity index (χ4v) is 1.45. The number of carbonyl (C=O) groups is 1. The molecule has 0 bridgehead atoms. The fourth-order valence-electron chi connectivity index (χ4n) is 1.45. The van der Waals surface area contributed by atoms with Gasteiger partial charge in [0.2, 0.25) is 0 Å². The molecule has 0 saturated heterocycles. The van der Waals surface area contributed by atoms with Gasteiger partial charge in [-0.25, -0.2) is 0 Å². The standard InChI is InChI=1S/C16H29NO3/c1-6-7-9-15(16(18)17(4)14(2)3)10-13-20-12-8-11-19-5/h7,9-10,14H,6,8,11-13H2,1-5H3/b9-7-,15-10+. The topological polar surface area (TPSA) is 38.8 Å². The van der Waals surface area contributed by atoms with Crippen LogP contribution in [-0.4, -0.2) is 50.8 Å². The zero-order valence-electron chi connectivity index (χ0n) is 13.5. The SMILES string of the molecule is CC/C=C\C(=C/COCCCOC)C(=O)N(C)C(C)C. The van der Waals surface area contributed by atoms with Crippen molar-refractivity contribution in [2.45, 2.75) is 39.7 Å². The van der Waals surface area contributed by atoms with E-state index in [9.17, 15) is 4.79 Å². The van der Waals surface area contributed by atoms with Crippen molar-refractivity contribution >= 4 is 5.91 Å². The molecule has 0 heterocycles. The van der Waals surface area contributed by atoms with E-state index in [-0.39, 0.29) is 11.9 Å². The molecule has 116 valence electrons. The van der Waals surface area contributed by atoms with Crippen LogP contribution in [-0.2, 0) is 14.3 Å². The summed E-state index contributed by atoms with van der Waals surface area (Å²) < 4.78 is 10.4. The van der Waals surface area contributed by atoms with E-state index in [0.717, 1.165) is 12.8 Å². The number of allylic oxidation sites excluding steroid dienone is 1. The van der Waals surface area contributed by atoms with Gasteiger partial charge in [0.05, 0.1) is 6.61 Å². The molecule has 0 rings (SSSR count). The van der Waals surface area contributed by atoms with Crippen molar-refractivity contribution in [3.05, 3.63) is 23.8 Å². The van der Waals surface area contributed by atoms with Gasteiger partial charge in [0.25, 0.3) is 5.91 Å². The van der Waals surface area contributed by atoms with Gasteiger partial charge < -0.3 is 14.4 Å². The Morgan fingerprint density at radius 3 is 2.55 bits per heavy atom. The first-order valence-corrected chi connectivity index (χ1v) is 7.25. The number of carbonyl (C=O) groups excluding carboxylic acids is 1. The van der Waals surface area contributed by atoms with E-state index in [1.807, 2.05) is 46.0 Å². The number of methoxy groups -OCH3 is 1.